The van der Waals surface area contributed by atoms with Gasteiger partial charge in [-0.1, -0.05) is 83.0 Å². The number of hydrogen-bond donors (Lipinski definition) is 1. The molecule has 0 spiro atoms. The van der Waals surface area contributed by atoms with E-state index in [1.54, 1.807) is 24.3 Å². The first-order chi connectivity index (χ1) is 18.1. The van der Waals surface area contributed by atoms with Crippen molar-refractivity contribution in [3.8, 4) is 0 Å². The van der Waals surface area contributed by atoms with Crippen LogP contribution in [0.15, 0.2) is 83.3 Å². The molecule has 0 heterocycles. The molecule has 0 fully saturated rings. The first kappa shape index (κ1) is 29.4. The number of nitrogens with one attached hydrogen (secondary N) is 1. The topological polar surface area (TPSA) is 86.8 Å². The van der Waals surface area contributed by atoms with E-state index in [1.807, 2.05) is 68.4 Å². The summed E-state index contributed by atoms with van der Waals surface area (Å²) in [6, 6.07) is 23.1. The Hall–Kier alpha value is -3.17. The highest BCUT2D eigenvalue weighted by atomic mass is 79.9. The maximum Gasteiger partial charge on any atom is 0.244 e. The van der Waals surface area contributed by atoms with Crippen molar-refractivity contribution in [1.29, 1.82) is 0 Å². The Kier molecular flexibility index (Phi) is 10.5. The van der Waals surface area contributed by atoms with E-state index in [-0.39, 0.29) is 12.5 Å². The molecular formula is C29H34BrN3O4S. The molecular weight excluding hydrogens is 566 g/mol. The molecule has 0 saturated heterocycles. The minimum absolute atomic E-state index is 0.161. The second-order valence-corrected chi connectivity index (χ2v) is 12.1. The summed E-state index contributed by atoms with van der Waals surface area (Å²) >= 11 is 3.36. The Morgan fingerprint density at radius 2 is 1.55 bits per heavy atom. The summed E-state index contributed by atoms with van der Waals surface area (Å²) in [6.45, 7) is 4.15. The average Bonchev–Trinajstić information content (AvgIpc) is 2.89. The van der Waals surface area contributed by atoms with Gasteiger partial charge in [-0.25, -0.2) is 8.42 Å². The number of hydrogen-bond acceptors (Lipinski definition) is 4. The van der Waals surface area contributed by atoms with Crippen LogP contribution in [0.25, 0.3) is 0 Å². The lowest BCUT2D eigenvalue weighted by atomic mass is 10.0. The number of amides is 2. The molecule has 3 aromatic carbocycles. The third-order valence-corrected chi connectivity index (χ3v) is 7.76. The molecule has 7 nitrogen and oxygen atoms in total. The Morgan fingerprint density at radius 1 is 0.921 bits per heavy atom. The molecule has 0 radical (unpaired) electrons. The van der Waals surface area contributed by atoms with E-state index in [2.05, 4.69) is 21.2 Å². The molecule has 0 saturated carbocycles. The quantitative estimate of drug-likeness (QED) is 0.327. The molecule has 0 aliphatic rings. The van der Waals surface area contributed by atoms with Crippen LogP contribution in [0.1, 0.15) is 30.0 Å². The van der Waals surface area contributed by atoms with Crippen LogP contribution in [0.5, 0.6) is 0 Å². The number of benzene rings is 3. The molecule has 0 aromatic heterocycles. The SMILES string of the molecule is CCCNC(=O)[C@H](Cc1ccccc1)N(Cc1ccc(C)cc1)C(=O)CN(c1ccc(Br)cc1)S(C)(=O)=O. The van der Waals surface area contributed by atoms with Crippen LogP contribution in [0.2, 0.25) is 0 Å². The molecule has 2 amide bonds. The number of carbonyl (C=O) groups excluding carboxylic acids is 2. The van der Waals surface area contributed by atoms with Crippen LogP contribution in [-0.2, 0) is 32.6 Å². The molecule has 0 unspecified atom stereocenters. The standard InChI is InChI=1S/C29H34BrN3O4S/c1-4-18-31-29(35)27(19-23-8-6-5-7-9-23)32(20-24-12-10-22(2)11-13-24)28(34)21-33(38(3,36)37)26-16-14-25(30)15-17-26/h5-17,27H,4,18-21H2,1-3H3,(H,31,35)/t27-/m0/s1. The summed E-state index contributed by atoms with van der Waals surface area (Å²) in [7, 11) is -3.79. The van der Waals surface area contributed by atoms with Crippen molar-refractivity contribution in [2.45, 2.75) is 39.3 Å². The predicted molar refractivity (Wildman–Crippen MR) is 155 cm³/mol. The van der Waals surface area contributed by atoms with Gasteiger partial charge in [0, 0.05) is 24.0 Å². The van der Waals surface area contributed by atoms with Gasteiger partial charge in [-0.2, -0.15) is 0 Å². The van der Waals surface area contributed by atoms with Gasteiger partial charge in [-0.15, -0.1) is 0 Å². The molecule has 1 atom stereocenters. The van der Waals surface area contributed by atoms with E-state index >= 15 is 0 Å². The van der Waals surface area contributed by atoms with Crippen LogP contribution in [0.3, 0.4) is 0 Å². The summed E-state index contributed by atoms with van der Waals surface area (Å²) in [5, 5.41) is 2.93. The molecule has 202 valence electrons. The lowest BCUT2D eigenvalue weighted by Crippen LogP contribution is -2.53. The first-order valence-electron chi connectivity index (χ1n) is 12.5. The van der Waals surface area contributed by atoms with Crippen molar-refractivity contribution < 1.29 is 18.0 Å². The lowest BCUT2D eigenvalue weighted by molar-refractivity contribution is -0.140. The fourth-order valence-corrected chi connectivity index (χ4v) is 5.15. The number of nitrogens with zero attached hydrogens (tertiary/aromatic N) is 2. The van der Waals surface area contributed by atoms with Crippen molar-refractivity contribution in [2.75, 3.05) is 23.7 Å². The van der Waals surface area contributed by atoms with Gasteiger partial charge < -0.3 is 10.2 Å². The van der Waals surface area contributed by atoms with E-state index in [0.717, 1.165) is 38.1 Å². The van der Waals surface area contributed by atoms with Gasteiger partial charge >= 0.3 is 0 Å². The van der Waals surface area contributed by atoms with E-state index < -0.39 is 28.5 Å². The van der Waals surface area contributed by atoms with E-state index in [1.165, 1.54) is 4.90 Å². The van der Waals surface area contributed by atoms with Crippen molar-refractivity contribution in [1.82, 2.24) is 10.2 Å². The van der Waals surface area contributed by atoms with Gasteiger partial charge in [-0.05, 0) is 48.7 Å². The smallest absolute Gasteiger partial charge is 0.244 e. The number of halogens is 1. The Labute approximate surface area is 234 Å². The molecule has 0 bridgehead atoms. The highest BCUT2D eigenvalue weighted by Crippen LogP contribution is 2.22. The van der Waals surface area contributed by atoms with E-state index in [0.29, 0.717) is 18.7 Å². The van der Waals surface area contributed by atoms with Crippen LogP contribution < -0.4 is 9.62 Å². The predicted octanol–water partition coefficient (Wildman–Crippen LogP) is 4.69. The fourth-order valence-electron chi connectivity index (χ4n) is 4.03. The van der Waals surface area contributed by atoms with Crippen LogP contribution in [0, 0.1) is 6.92 Å². The minimum Gasteiger partial charge on any atom is -0.354 e. The number of anilines is 1. The van der Waals surface area contributed by atoms with Gasteiger partial charge in [0.05, 0.1) is 11.9 Å². The Bertz CT molecular complexity index is 1310. The number of rotatable bonds is 12. The fraction of sp³-hybridized carbons (Fsp3) is 0.310. The summed E-state index contributed by atoms with van der Waals surface area (Å²) in [5.41, 5.74) is 3.19. The third kappa shape index (κ3) is 8.43. The Balaban J connectivity index is 2.02. The zero-order chi connectivity index (χ0) is 27.7. The van der Waals surface area contributed by atoms with Crippen LogP contribution in [0.4, 0.5) is 5.69 Å². The maximum atomic E-state index is 14.0. The molecule has 9 heteroatoms. The zero-order valence-corrected chi connectivity index (χ0v) is 24.3. The molecule has 38 heavy (non-hydrogen) atoms. The second kappa shape index (κ2) is 13.6. The molecule has 0 aliphatic carbocycles. The normalized spacial score (nSPS) is 12.0. The number of aryl methyl sites for hydroxylation is 1. The van der Waals surface area contributed by atoms with Gasteiger partial charge in [0.1, 0.15) is 12.6 Å². The third-order valence-electron chi connectivity index (χ3n) is 6.09. The van der Waals surface area contributed by atoms with E-state index in [9.17, 15) is 18.0 Å². The summed E-state index contributed by atoms with van der Waals surface area (Å²) in [5.74, 6) is -0.739. The highest BCUT2D eigenvalue weighted by molar-refractivity contribution is 9.10. The number of sulfonamides is 1. The van der Waals surface area contributed by atoms with Crippen LogP contribution >= 0.6 is 15.9 Å². The Morgan fingerprint density at radius 3 is 2.13 bits per heavy atom. The average molecular weight is 601 g/mol. The molecule has 1 N–H and O–H groups in total. The molecule has 0 aliphatic heterocycles. The largest absolute Gasteiger partial charge is 0.354 e. The van der Waals surface area contributed by atoms with Crippen molar-refractivity contribution in [3.63, 3.8) is 0 Å². The van der Waals surface area contributed by atoms with Gasteiger partial charge in [0.25, 0.3) is 0 Å². The van der Waals surface area contributed by atoms with Gasteiger partial charge in [-0.3, -0.25) is 13.9 Å². The molecule has 3 rings (SSSR count). The maximum absolute atomic E-state index is 14.0. The lowest BCUT2D eigenvalue weighted by Gasteiger charge is -2.33. The number of carbonyl (C=O) groups is 2. The molecule has 3 aromatic rings. The van der Waals surface area contributed by atoms with Gasteiger partial charge in [0.2, 0.25) is 21.8 Å². The zero-order valence-electron chi connectivity index (χ0n) is 21.9. The van der Waals surface area contributed by atoms with Crippen molar-refractivity contribution >= 4 is 43.5 Å². The highest BCUT2D eigenvalue weighted by Gasteiger charge is 2.32. The first-order valence-corrected chi connectivity index (χ1v) is 15.1. The van der Waals surface area contributed by atoms with Gasteiger partial charge in [0.15, 0.2) is 0 Å². The van der Waals surface area contributed by atoms with Crippen molar-refractivity contribution in [2.24, 2.45) is 0 Å². The van der Waals surface area contributed by atoms with Crippen molar-refractivity contribution in [3.05, 3.63) is 100 Å². The summed E-state index contributed by atoms with van der Waals surface area (Å²) in [6.07, 6.45) is 2.12. The second-order valence-electron chi connectivity index (χ2n) is 9.25. The summed E-state index contributed by atoms with van der Waals surface area (Å²) < 4.78 is 27.4. The van der Waals surface area contributed by atoms with Crippen LogP contribution in [-0.4, -0.2) is 50.5 Å². The van der Waals surface area contributed by atoms with E-state index in [4.69, 9.17) is 0 Å². The summed E-state index contributed by atoms with van der Waals surface area (Å²) in [4.78, 5) is 28.9. The minimum atomic E-state index is -3.79. The monoisotopic (exact) mass is 599 g/mol.